The Morgan fingerprint density at radius 1 is 1.38 bits per heavy atom. The maximum Gasteiger partial charge on any atom is 0.241 e. The molecule has 0 spiro atoms. The number of aromatic nitrogens is 3. The van der Waals surface area contributed by atoms with Gasteiger partial charge in [-0.2, -0.15) is 0 Å². The summed E-state index contributed by atoms with van der Waals surface area (Å²) in [6.07, 6.45) is 1.91. The smallest absolute Gasteiger partial charge is 0.241 e. The molecule has 116 valence electrons. The van der Waals surface area contributed by atoms with Gasteiger partial charge in [0.1, 0.15) is 6.54 Å². The zero-order valence-electron chi connectivity index (χ0n) is 11.8. The molecule has 2 amide bonds. The van der Waals surface area contributed by atoms with E-state index in [2.05, 4.69) is 15.6 Å². The average molecular weight is 296 g/mol. The second-order valence-corrected chi connectivity index (χ2v) is 4.70. The summed E-state index contributed by atoms with van der Waals surface area (Å²) in [7, 11) is 0. The first-order valence-corrected chi connectivity index (χ1v) is 6.90. The Morgan fingerprint density at radius 2 is 2.14 bits per heavy atom. The van der Waals surface area contributed by atoms with E-state index < -0.39 is 0 Å². The molecule has 3 N–H and O–H groups in total. The highest BCUT2D eigenvalue weighted by molar-refractivity contribution is 5.79. The van der Waals surface area contributed by atoms with Gasteiger partial charge in [0.05, 0.1) is 25.1 Å². The van der Waals surface area contributed by atoms with Crippen molar-refractivity contribution in [3.05, 3.63) is 11.9 Å². The number of hydrogen-bond donors (Lipinski definition) is 2. The van der Waals surface area contributed by atoms with E-state index >= 15 is 0 Å². The predicted octanol–water partition coefficient (Wildman–Crippen LogP) is -1.90. The van der Waals surface area contributed by atoms with Crippen LogP contribution in [0.5, 0.6) is 0 Å². The number of nitrogens with one attached hydrogen (secondary N) is 1. The lowest BCUT2D eigenvalue weighted by atomic mass is 10.3. The molecule has 0 aromatic carbocycles. The molecule has 1 aliphatic rings. The van der Waals surface area contributed by atoms with Gasteiger partial charge >= 0.3 is 0 Å². The zero-order chi connectivity index (χ0) is 15.1. The van der Waals surface area contributed by atoms with E-state index in [1.54, 1.807) is 11.1 Å². The second kappa shape index (κ2) is 7.70. The monoisotopic (exact) mass is 296 g/mol. The number of hydrogen-bond acceptors (Lipinski definition) is 6. The molecule has 0 radical (unpaired) electrons. The molecule has 0 aliphatic carbocycles. The Balaban J connectivity index is 1.65. The topological polar surface area (TPSA) is 115 Å². The first-order valence-electron chi connectivity index (χ1n) is 6.90. The van der Waals surface area contributed by atoms with E-state index in [-0.39, 0.29) is 31.3 Å². The Morgan fingerprint density at radius 3 is 2.81 bits per heavy atom. The molecule has 1 aromatic rings. The first-order chi connectivity index (χ1) is 10.2. The van der Waals surface area contributed by atoms with Crippen LogP contribution in [0.1, 0.15) is 12.1 Å². The van der Waals surface area contributed by atoms with Gasteiger partial charge < -0.3 is 20.7 Å². The van der Waals surface area contributed by atoms with Gasteiger partial charge in [0.25, 0.3) is 0 Å². The van der Waals surface area contributed by atoms with Crippen LogP contribution in [0.4, 0.5) is 0 Å². The quantitative estimate of drug-likeness (QED) is 0.633. The molecule has 0 atom stereocenters. The largest absolute Gasteiger partial charge is 0.378 e. The van der Waals surface area contributed by atoms with Gasteiger partial charge in [0.2, 0.25) is 11.8 Å². The zero-order valence-corrected chi connectivity index (χ0v) is 11.8. The third kappa shape index (κ3) is 4.80. The molecule has 2 rings (SSSR count). The number of nitrogens with two attached hydrogens (primary N) is 1. The van der Waals surface area contributed by atoms with Crippen molar-refractivity contribution in [3.8, 4) is 0 Å². The highest BCUT2D eigenvalue weighted by Crippen LogP contribution is 1.99. The fourth-order valence-corrected chi connectivity index (χ4v) is 1.99. The van der Waals surface area contributed by atoms with Crippen molar-refractivity contribution in [3.63, 3.8) is 0 Å². The van der Waals surface area contributed by atoms with Crippen LogP contribution in [0.15, 0.2) is 6.20 Å². The molecule has 0 bridgehead atoms. The molecular weight excluding hydrogens is 276 g/mol. The lowest BCUT2D eigenvalue weighted by Gasteiger charge is -2.26. The van der Waals surface area contributed by atoms with Gasteiger partial charge in [0.15, 0.2) is 0 Å². The molecule has 1 aliphatic heterocycles. The maximum absolute atomic E-state index is 11.9. The molecule has 9 heteroatoms. The third-order valence-corrected chi connectivity index (χ3v) is 3.13. The Labute approximate surface area is 122 Å². The summed E-state index contributed by atoms with van der Waals surface area (Å²) >= 11 is 0. The molecule has 1 aromatic heterocycles. The summed E-state index contributed by atoms with van der Waals surface area (Å²) in [5.41, 5.74) is 6.04. The number of morpholine rings is 1. The molecular formula is C12H20N6O3. The number of nitrogens with zero attached hydrogens (tertiary/aromatic N) is 4. The van der Waals surface area contributed by atoms with Gasteiger partial charge in [0, 0.05) is 32.6 Å². The molecule has 0 saturated carbocycles. The minimum absolute atomic E-state index is 0.0322. The summed E-state index contributed by atoms with van der Waals surface area (Å²) in [6.45, 7) is 3.06. The van der Waals surface area contributed by atoms with Gasteiger partial charge in [-0.25, -0.2) is 4.68 Å². The Hall–Kier alpha value is -2.00. The number of carbonyl (C=O) groups excluding carboxylic acids is 2. The lowest BCUT2D eigenvalue weighted by molar-refractivity contribution is -0.135. The van der Waals surface area contributed by atoms with Crippen molar-refractivity contribution in [2.24, 2.45) is 5.73 Å². The van der Waals surface area contributed by atoms with Crippen molar-refractivity contribution < 1.29 is 14.3 Å². The van der Waals surface area contributed by atoms with E-state index in [1.165, 1.54) is 4.68 Å². The Kier molecular flexibility index (Phi) is 5.64. The SMILES string of the molecule is NCc1cn(CC(=O)NCCC(=O)N2CCOCC2)nn1. The fourth-order valence-electron chi connectivity index (χ4n) is 1.99. The normalized spacial score (nSPS) is 15.0. The van der Waals surface area contributed by atoms with E-state index in [0.29, 0.717) is 38.5 Å². The van der Waals surface area contributed by atoms with Gasteiger partial charge in [-0.15, -0.1) is 5.10 Å². The standard InChI is InChI=1S/C12H20N6O3/c13-7-10-8-18(16-15-10)9-11(19)14-2-1-12(20)17-3-5-21-6-4-17/h8H,1-7,9,13H2,(H,14,19). The van der Waals surface area contributed by atoms with Crippen LogP contribution in [-0.2, 0) is 27.4 Å². The number of amides is 2. The molecule has 0 unspecified atom stereocenters. The maximum atomic E-state index is 11.9. The third-order valence-electron chi connectivity index (χ3n) is 3.13. The molecule has 2 heterocycles. The number of ether oxygens (including phenoxy) is 1. The first kappa shape index (κ1) is 15.4. The van der Waals surface area contributed by atoms with Crippen molar-refractivity contribution >= 4 is 11.8 Å². The summed E-state index contributed by atoms with van der Waals surface area (Å²) < 4.78 is 6.60. The fraction of sp³-hybridized carbons (Fsp3) is 0.667. The van der Waals surface area contributed by atoms with Crippen LogP contribution in [-0.4, -0.2) is 64.6 Å². The van der Waals surface area contributed by atoms with Gasteiger partial charge in [-0.3, -0.25) is 9.59 Å². The lowest BCUT2D eigenvalue weighted by Crippen LogP contribution is -2.42. The minimum atomic E-state index is -0.210. The summed E-state index contributed by atoms with van der Waals surface area (Å²) in [6, 6.07) is 0. The van der Waals surface area contributed by atoms with E-state index in [0.717, 1.165) is 0 Å². The van der Waals surface area contributed by atoms with Crippen LogP contribution in [0.3, 0.4) is 0 Å². The summed E-state index contributed by atoms with van der Waals surface area (Å²) in [5, 5.41) is 10.3. The van der Waals surface area contributed by atoms with Crippen LogP contribution in [0.25, 0.3) is 0 Å². The van der Waals surface area contributed by atoms with Crippen molar-refractivity contribution in [1.82, 2.24) is 25.2 Å². The highest BCUT2D eigenvalue weighted by Gasteiger charge is 2.16. The van der Waals surface area contributed by atoms with Crippen LogP contribution < -0.4 is 11.1 Å². The van der Waals surface area contributed by atoms with Gasteiger partial charge in [-0.05, 0) is 0 Å². The van der Waals surface area contributed by atoms with Crippen LogP contribution in [0, 0.1) is 0 Å². The van der Waals surface area contributed by atoms with Crippen molar-refractivity contribution in [2.45, 2.75) is 19.5 Å². The number of rotatable bonds is 6. The van der Waals surface area contributed by atoms with E-state index in [1.807, 2.05) is 0 Å². The van der Waals surface area contributed by atoms with Crippen molar-refractivity contribution in [1.29, 1.82) is 0 Å². The molecule has 21 heavy (non-hydrogen) atoms. The molecule has 1 saturated heterocycles. The van der Waals surface area contributed by atoms with E-state index in [9.17, 15) is 9.59 Å². The Bertz CT molecular complexity index is 483. The minimum Gasteiger partial charge on any atom is -0.378 e. The average Bonchev–Trinajstić information content (AvgIpc) is 2.95. The number of carbonyl (C=O) groups is 2. The van der Waals surface area contributed by atoms with Crippen molar-refractivity contribution in [2.75, 3.05) is 32.8 Å². The van der Waals surface area contributed by atoms with E-state index in [4.69, 9.17) is 10.5 Å². The molecule has 9 nitrogen and oxygen atoms in total. The highest BCUT2D eigenvalue weighted by atomic mass is 16.5. The summed E-state index contributed by atoms with van der Waals surface area (Å²) in [4.78, 5) is 25.3. The summed E-state index contributed by atoms with van der Waals surface area (Å²) in [5.74, 6) is -0.178. The molecule has 1 fully saturated rings. The predicted molar refractivity (Wildman–Crippen MR) is 72.9 cm³/mol. The van der Waals surface area contributed by atoms with Gasteiger partial charge in [-0.1, -0.05) is 5.21 Å². The second-order valence-electron chi connectivity index (χ2n) is 4.70. The van der Waals surface area contributed by atoms with Crippen LogP contribution >= 0.6 is 0 Å². The van der Waals surface area contributed by atoms with Crippen LogP contribution in [0.2, 0.25) is 0 Å².